The molecule has 0 unspecified atom stereocenters. The summed E-state index contributed by atoms with van der Waals surface area (Å²) in [6, 6.07) is 10.9. The number of benzene rings is 1. The van der Waals surface area contributed by atoms with Crippen molar-refractivity contribution in [1.82, 2.24) is 20.4 Å². The SMILES string of the molecule is CCNC(=NCc1ccc(NC(=O)NC(C)C)cc1)N1CCN(C(=O)c2ccco2)CC1. The Labute approximate surface area is 188 Å². The van der Waals surface area contributed by atoms with Crippen molar-refractivity contribution >= 4 is 23.6 Å². The van der Waals surface area contributed by atoms with Gasteiger partial charge in [0.25, 0.3) is 5.91 Å². The van der Waals surface area contributed by atoms with E-state index in [0.29, 0.717) is 38.5 Å². The number of nitrogens with one attached hydrogen (secondary N) is 3. The van der Waals surface area contributed by atoms with Gasteiger partial charge in [-0.15, -0.1) is 0 Å². The maximum absolute atomic E-state index is 12.5. The molecule has 9 nitrogen and oxygen atoms in total. The minimum Gasteiger partial charge on any atom is -0.459 e. The van der Waals surface area contributed by atoms with Crippen LogP contribution < -0.4 is 16.0 Å². The highest BCUT2D eigenvalue weighted by molar-refractivity contribution is 5.91. The normalized spacial score (nSPS) is 14.4. The van der Waals surface area contributed by atoms with E-state index in [0.717, 1.165) is 23.8 Å². The molecule has 2 aromatic rings. The van der Waals surface area contributed by atoms with Gasteiger partial charge in [0.2, 0.25) is 0 Å². The molecule has 2 heterocycles. The van der Waals surface area contributed by atoms with Gasteiger partial charge >= 0.3 is 6.03 Å². The number of aliphatic imine (C=N–C) groups is 1. The number of hydrogen-bond acceptors (Lipinski definition) is 4. The molecule has 0 spiro atoms. The zero-order valence-corrected chi connectivity index (χ0v) is 18.9. The molecule has 0 saturated carbocycles. The van der Waals surface area contributed by atoms with E-state index < -0.39 is 0 Å². The Kier molecular flexibility index (Phi) is 8.13. The molecule has 0 aliphatic carbocycles. The first-order valence-electron chi connectivity index (χ1n) is 11.0. The predicted octanol–water partition coefficient (Wildman–Crippen LogP) is 2.73. The van der Waals surface area contributed by atoms with Crippen LogP contribution in [0.15, 0.2) is 52.1 Å². The molecule has 3 rings (SSSR count). The summed E-state index contributed by atoms with van der Waals surface area (Å²) in [5, 5.41) is 8.95. The lowest BCUT2D eigenvalue weighted by molar-refractivity contribution is 0.0657. The number of rotatable bonds is 6. The highest BCUT2D eigenvalue weighted by atomic mass is 16.3. The third-order valence-electron chi connectivity index (χ3n) is 4.98. The maximum Gasteiger partial charge on any atom is 0.319 e. The molecule has 1 aromatic heterocycles. The summed E-state index contributed by atoms with van der Waals surface area (Å²) >= 11 is 0. The molecular formula is C23H32N6O3. The average Bonchev–Trinajstić information content (AvgIpc) is 3.32. The average molecular weight is 441 g/mol. The van der Waals surface area contributed by atoms with Gasteiger partial charge < -0.3 is 30.2 Å². The molecule has 0 radical (unpaired) electrons. The zero-order valence-electron chi connectivity index (χ0n) is 18.9. The van der Waals surface area contributed by atoms with Gasteiger partial charge in [-0.25, -0.2) is 9.79 Å². The van der Waals surface area contributed by atoms with Gasteiger partial charge in [0.15, 0.2) is 11.7 Å². The molecule has 3 N–H and O–H groups in total. The lowest BCUT2D eigenvalue weighted by Crippen LogP contribution is -2.53. The van der Waals surface area contributed by atoms with Crippen LogP contribution in [0.3, 0.4) is 0 Å². The Morgan fingerprint density at radius 2 is 1.75 bits per heavy atom. The van der Waals surface area contributed by atoms with Crippen LogP contribution in [0.4, 0.5) is 10.5 Å². The Morgan fingerprint density at radius 1 is 1.06 bits per heavy atom. The van der Waals surface area contributed by atoms with Crippen LogP contribution in [0.5, 0.6) is 0 Å². The van der Waals surface area contributed by atoms with Crippen LogP contribution in [0.1, 0.15) is 36.9 Å². The molecule has 3 amide bonds. The largest absolute Gasteiger partial charge is 0.459 e. The molecule has 9 heteroatoms. The van der Waals surface area contributed by atoms with E-state index in [1.807, 2.05) is 45.0 Å². The fraction of sp³-hybridized carbons (Fsp3) is 0.435. The van der Waals surface area contributed by atoms with Gasteiger partial charge in [-0.05, 0) is 50.6 Å². The quantitative estimate of drug-likeness (QED) is 0.474. The lowest BCUT2D eigenvalue weighted by atomic mass is 10.2. The highest BCUT2D eigenvalue weighted by Crippen LogP contribution is 2.12. The molecule has 0 atom stereocenters. The second-order valence-electron chi connectivity index (χ2n) is 7.88. The second kappa shape index (κ2) is 11.2. The highest BCUT2D eigenvalue weighted by Gasteiger charge is 2.25. The standard InChI is InChI=1S/C23H32N6O3/c1-4-24-22(29-13-11-28(12-14-29)21(30)20-6-5-15-32-20)25-16-18-7-9-19(10-8-18)27-23(31)26-17(2)3/h5-10,15,17H,4,11-14,16H2,1-3H3,(H,24,25)(H2,26,27,31). The van der Waals surface area contributed by atoms with E-state index in [-0.39, 0.29) is 18.0 Å². The van der Waals surface area contributed by atoms with Gasteiger partial charge in [0.05, 0.1) is 12.8 Å². The van der Waals surface area contributed by atoms with Gasteiger partial charge in [-0.1, -0.05) is 12.1 Å². The molecule has 1 saturated heterocycles. The zero-order chi connectivity index (χ0) is 22.9. The van der Waals surface area contributed by atoms with Crippen LogP contribution in [-0.2, 0) is 6.54 Å². The van der Waals surface area contributed by atoms with Gasteiger partial charge in [0, 0.05) is 44.5 Å². The summed E-state index contributed by atoms with van der Waals surface area (Å²) in [5.41, 5.74) is 1.78. The summed E-state index contributed by atoms with van der Waals surface area (Å²) in [4.78, 5) is 33.0. The first-order chi connectivity index (χ1) is 15.5. The van der Waals surface area contributed by atoms with E-state index >= 15 is 0 Å². The summed E-state index contributed by atoms with van der Waals surface area (Å²) in [7, 11) is 0. The van der Waals surface area contributed by atoms with Crippen molar-refractivity contribution in [2.75, 3.05) is 38.0 Å². The number of carbonyl (C=O) groups is 2. The predicted molar refractivity (Wildman–Crippen MR) is 125 cm³/mol. The Hall–Kier alpha value is -3.49. The van der Waals surface area contributed by atoms with E-state index in [4.69, 9.17) is 9.41 Å². The Bertz CT molecular complexity index is 900. The smallest absolute Gasteiger partial charge is 0.319 e. The van der Waals surface area contributed by atoms with Crippen LogP contribution in [-0.4, -0.2) is 66.5 Å². The van der Waals surface area contributed by atoms with Crippen molar-refractivity contribution < 1.29 is 14.0 Å². The first-order valence-corrected chi connectivity index (χ1v) is 11.0. The summed E-state index contributed by atoms with van der Waals surface area (Å²) in [6.45, 7) is 9.78. The van der Waals surface area contributed by atoms with Gasteiger partial charge in [0.1, 0.15) is 0 Å². The lowest BCUT2D eigenvalue weighted by Gasteiger charge is -2.36. The van der Waals surface area contributed by atoms with Crippen LogP contribution >= 0.6 is 0 Å². The molecule has 0 bridgehead atoms. The van der Waals surface area contributed by atoms with Crippen molar-refractivity contribution in [3.63, 3.8) is 0 Å². The third-order valence-corrected chi connectivity index (χ3v) is 4.98. The van der Waals surface area contributed by atoms with Gasteiger partial charge in [-0.3, -0.25) is 4.79 Å². The van der Waals surface area contributed by atoms with Gasteiger partial charge in [-0.2, -0.15) is 0 Å². The fourth-order valence-electron chi connectivity index (χ4n) is 3.39. The molecule has 32 heavy (non-hydrogen) atoms. The van der Waals surface area contributed by atoms with Crippen LogP contribution in [0.25, 0.3) is 0 Å². The van der Waals surface area contributed by atoms with Crippen molar-refractivity contribution in [3.05, 3.63) is 54.0 Å². The van der Waals surface area contributed by atoms with Crippen LogP contribution in [0.2, 0.25) is 0 Å². The third kappa shape index (κ3) is 6.50. The molecule has 1 fully saturated rings. The number of carbonyl (C=O) groups excluding carboxylic acids is 2. The minimum absolute atomic E-state index is 0.0765. The number of piperazine rings is 1. The maximum atomic E-state index is 12.5. The second-order valence-corrected chi connectivity index (χ2v) is 7.88. The van der Waals surface area contributed by atoms with Crippen molar-refractivity contribution in [2.24, 2.45) is 4.99 Å². The fourth-order valence-corrected chi connectivity index (χ4v) is 3.39. The topological polar surface area (TPSA) is 102 Å². The van der Waals surface area contributed by atoms with Crippen LogP contribution in [0, 0.1) is 0 Å². The molecular weight excluding hydrogens is 408 g/mol. The number of anilines is 1. The number of amides is 3. The van der Waals surface area contributed by atoms with E-state index in [2.05, 4.69) is 20.9 Å². The molecule has 1 aliphatic rings. The van der Waals surface area contributed by atoms with E-state index in [1.54, 1.807) is 17.0 Å². The summed E-state index contributed by atoms with van der Waals surface area (Å²) < 4.78 is 5.23. The molecule has 1 aromatic carbocycles. The Balaban J connectivity index is 1.55. The molecule has 172 valence electrons. The summed E-state index contributed by atoms with van der Waals surface area (Å²) in [6.07, 6.45) is 1.52. The monoisotopic (exact) mass is 440 g/mol. The van der Waals surface area contributed by atoms with Crippen molar-refractivity contribution in [3.8, 4) is 0 Å². The minimum atomic E-state index is -0.218. The molecule has 1 aliphatic heterocycles. The Morgan fingerprint density at radius 3 is 2.34 bits per heavy atom. The number of nitrogens with zero attached hydrogens (tertiary/aromatic N) is 3. The number of furan rings is 1. The number of hydrogen-bond donors (Lipinski definition) is 3. The summed E-state index contributed by atoms with van der Waals surface area (Å²) in [5.74, 6) is 1.13. The van der Waals surface area contributed by atoms with Crippen molar-refractivity contribution in [1.29, 1.82) is 0 Å². The van der Waals surface area contributed by atoms with E-state index in [1.165, 1.54) is 6.26 Å². The van der Waals surface area contributed by atoms with Crippen molar-refractivity contribution in [2.45, 2.75) is 33.4 Å². The van der Waals surface area contributed by atoms with E-state index in [9.17, 15) is 9.59 Å². The first kappa shape index (κ1) is 23.2. The number of urea groups is 1. The number of guanidine groups is 1.